The molecule has 27 heavy (non-hydrogen) atoms. The molecule has 1 rings (SSSR count). The Kier molecular flexibility index (Phi) is 5.91. The van der Waals surface area contributed by atoms with Crippen LogP contribution in [0.1, 0.15) is 0 Å². The van der Waals surface area contributed by atoms with Gasteiger partial charge in [-0.15, -0.1) is 0 Å². The van der Waals surface area contributed by atoms with Crippen molar-refractivity contribution in [1.82, 2.24) is 0 Å². The van der Waals surface area contributed by atoms with E-state index < -0.39 is 47.2 Å². The summed E-state index contributed by atoms with van der Waals surface area (Å²) in [5.41, 5.74) is 9.64. The lowest BCUT2D eigenvalue weighted by Gasteiger charge is -2.32. The van der Waals surface area contributed by atoms with E-state index in [1.165, 1.54) is 0 Å². The third kappa shape index (κ3) is 3.87. The van der Waals surface area contributed by atoms with Crippen molar-refractivity contribution in [3.63, 3.8) is 0 Å². The summed E-state index contributed by atoms with van der Waals surface area (Å²) in [6, 6.07) is -1.74. The number of ether oxygens (including phenoxy) is 1. The Morgan fingerprint density at radius 3 is 1.74 bits per heavy atom. The monoisotopic (exact) mass is 482 g/mol. The molecule has 0 aliphatic rings. The van der Waals surface area contributed by atoms with Crippen molar-refractivity contribution in [1.29, 1.82) is 0 Å². The van der Waals surface area contributed by atoms with Gasteiger partial charge in [-0.05, 0) is 22.0 Å². The molecule has 0 aliphatic heterocycles. The Hall–Kier alpha value is -1.93. The molecule has 15 heteroatoms. The molecule has 154 valence electrons. The SMILES string of the molecule is Nc1cc(OC(F)=C(F)C(F)(F)C(F)(F)C(F)(F)C(F)(F)F)c(N)cc1Br. The molecule has 0 bridgehead atoms. The molecule has 0 atom stereocenters. The highest BCUT2D eigenvalue weighted by atomic mass is 79.9. The van der Waals surface area contributed by atoms with Crippen LogP contribution in [0.4, 0.5) is 59.7 Å². The maximum Gasteiger partial charge on any atom is 0.460 e. The van der Waals surface area contributed by atoms with Crippen LogP contribution in [0.2, 0.25) is 0 Å². The van der Waals surface area contributed by atoms with Crippen LogP contribution < -0.4 is 16.2 Å². The predicted octanol–water partition coefficient (Wildman–Crippen LogP) is 5.57. The second-order valence-corrected chi connectivity index (χ2v) is 5.68. The minimum atomic E-state index is -7.40. The van der Waals surface area contributed by atoms with Gasteiger partial charge in [0.25, 0.3) is 0 Å². The van der Waals surface area contributed by atoms with Crippen LogP contribution in [-0.2, 0) is 0 Å². The lowest BCUT2D eigenvalue weighted by molar-refractivity contribution is -0.392. The molecule has 0 fully saturated rings. The Morgan fingerprint density at radius 2 is 1.30 bits per heavy atom. The topological polar surface area (TPSA) is 61.3 Å². The number of anilines is 2. The van der Waals surface area contributed by atoms with Crippen LogP contribution in [0.15, 0.2) is 28.4 Å². The summed E-state index contributed by atoms with van der Waals surface area (Å²) in [7, 11) is 0. The van der Waals surface area contributed by atoms with Gasteiger partial charge in [0.05, 0.1) is 5.69 Å². The summed E-state index contributed by atoms with van der Waals surface area (Å²) in [6.07, 6.45) is -7.19. The van der Waals surface area contributed by atoms with Gasteiger partial charge in [-0.2, -0.15) is 48.3 Å². The Bertz CT molecular complexity index is 760. The van der Waals surface area contributed by atoms with Gasteiger partial charge in [0.2, 0.25) is 5.83 Å². The smallest absolute Gasteiger partial charge is 0.427 e. The Balaban J connectivity index is 3.39. The molecule has 0 heterocycles. The zero-order chi connectivity index (χ0) is 21.6. The zero-order valence-corrected chi connectivity index (χ0v) is 13.8. The summed E-state index contributed by atoms with van der Waals surface area (Å²) >= 11 is 2.82. The van der Waals surface area contributed by atoms with E-state index in [0.717, 1.165) is 6.07 Å². The van der Waals surface area contributed by atoms with E-state index in [4.69, 9.17) is 11.5 Å². The van der Waals surface area contributed by atoms with Crippen molar-refractivity contribution in [3.05, 3.63) is 28.4 Å². The molecule has 1 aromatic rings. The van der Waals surface area contributed by atoms with Crippen molar-refractivity contribution in [2.24, 2.45) is 0 Å². The number of benzene rings is 1. The van der Waals surface area contributed by atoms with Gasteiger partial charge in [-0.25, -0.2) is 0 Å². The first-order valence-corrected chi connectivity index (χ1v) is 6.95. The summed E-state index contributed by atoms with van der Waals surface area (Å²) < 4.78 is 144. The minimum absolute atomic E-state index is 0.0684. The first-order chi connectivity index (χ1) is 11.9. The first kappa shape index (κ1) is 23.1. The van der Waals surface area contributed by atoms with Crippen molar-refractivity contribution < 1.29 is 53.0 Å². The number of alkyl halides is 9. The van der Waals surface area contributed by atoms with Crippen LogP contribution >= 0.6 is 15.9 Å². The van der Waals surface area contributed by atoms with Crippen molar-refractivity contribution in [3.8, 4) is 5.75 Å². The summed E-state index contributed by atoms with van der Waals surface area (Å²) in [5.74, 6) is -26.8. The van der Waals surface area contributed by atoms with E-state index in [0.29, 0.717) is 6.07 Å². The molecule has 0 radical (unpaired) electrons. The third-order valence-electron chi connectivity index (χ3n) is 2.92. The van der Waals surface area contributed by atoms with Gasteiger partial charge in [0.15, 0.2) is 5.75 Å². The molecule has 0 saturated carbocycles. The van der Waals surface area contributed by atoms with Gasteiger partial charge in [0, 0.05) is 16.2 Å². The number of rotatable bonds is 5. The van der Waals surface area contributed by atoms with Gasteiger partial charge in [-0.3, -0.25) is 0 Å². The number of halogens is 12. The highest BCUT2D eigenvalue weighted by Crippen LogP contribution is 2.55. The lowest BCUT2D eigenvalue weighted by atomic mass is 10.0. The Morgan fingerprint density at radius 1 is 0.815 bits per heavy atom. The summed E-state index contributed by atoms with van der Waals surface area (Å²) in [6.45, 7) is 0. The van der Waals surface area contributed by atoms with Crippen molar-refractivity contribution in [2.75, 3.05) is 11.5 Å². The van der Waals surface area contributed by atoms with Gasteiger partial charge in [-0.1, -0.05) is 0 Å². The molecule has 0 amide bonds. The molecule has 0 saturated heterocycles. The average molecular weight is 483 g/mol. The predicted molar refractivity (Wildman–Crippen MR) is 73.7 cm³/mol. The van der Waals surface area contributed by atoms with E-state index in [9.17, 15) is 48.3 Å². The fourth-order valence-electron chi connectivity index (χ4n) is 1.45. The third-order valence-corrected chi connectivity index (χ3v) is 3.61. The quantitative estimate of drug-likeness (QED) is 0.327. The first-order valence-electron chi connectivity index (χ1n) is 6.16. The van der Waals surface area contributed by atoms with Gasteiger partial charge < -0.3 is 16.2 Å². The largest absolute Gasteiger partial charge is 0.460 e. The summed E-state index contributed by atoms with van der Waals surface area (Å²) in [4.78, 5) is 0. The van der Waals surface area contributed by atoms with E-state index in [1.54, 1.807) is 0 Å². The normalized spacial score (nSPS) is 14.8. The maximum absolute atomic E-state index is 13.4. The second kappa shape index (κ2) is 6.91. The van der Waals surface area contributed by atoms with Crippen LogP contribution in [0.5, 0.6) is 5.75 Å². The fraction of sp³-hybridized carbons (Fsp3) is 0.333. The van der Waals surface area contributed by atoms with E-state index in [-0.39, 0.29) is 10.2 Å². The van der Waals surface area contributed by atoms with Crippen LogP contribution in [0.3, 0.4) is 0 Å². The van der Waals surface area contributed by atoms with Gasteiger partial charge >= 0.3 is 30.0 Å². The lowest BCUT2D eigenvalue weighted by Crippen LogP contribution is -2.61. The van der Waals surface area contributed by atoms with Crippen LogP contribution in [0.25, 0.3) is 0 Å². The highest BCUT2D eigenvalue weighted by molar-refractivity contribution is 9.10. The van der Waals surface area contributed by atoms with E-state index >= 15 is 0 Å². The molecular weight excluding hydrogens is 477 g/mol. The van der Waals surface area contributed by atoms with Crippen molar-refractivity contribution >= 4 is 27.3 Å². The Labute approximate surface area is 150 Å². The molecule has 1 aromatic carbocycles. The number of hydrogen-bond acceptors (Lipinski definition) is 3. The van der Waals surface area contributed by atoms with E-state index in [2.05, 4.69) is 20.7 Å². The minimum Gasteiger partial charge on any atom is -0.427 e. The molecule has 0 spiro atoms. The molecular formula is C12H6BrF11N2O. The number of nitrogens with two attached hydrogens (primary N) is 2. The molecule has 0 aliphatic carbocycles. The fourth-order valence-corrected chi connectivity index (χ4v) is 1.81. The molecule has 3 nitrogen and oxygen atoms in total. The number of allylic oxidation sites excluding steroid dienone is 1. The van der Waals surface area contributed by atoms with Crippen LogP contribution in [0, 0.1) is 0 Å². The number of nitrogen functional groups attached to an aromatic ring is 2. The van der Waals surface area contributed by atoms with Crippen molar-refractivity contribution in [2.45, 2.75) is 23.9 Å². The van der Waals surface area contributed by atoms with Gasteiger partial charge in [0.1, 0.15) is 0 Å². The van der Waals surface area contributed by atoms with Crippen LogP contribution in [-0.4, -0.2) is 23.9 Å². The molecule has 0 unspecified atom stereocenters. The summed E-state index contributed by atoms with van der Waals surface area (Å²) in [5, 5.41) is 0. The second-order valence-electron chi connectivity index (χ2n) is 4.82. The standard InChI is InChI=1S/C12H6BrF11N2O/c13-3-1-5(26)6(2-4(3)25)27-8(15)7(14)9(16,17)10(18,19)11(20,21)12(22,23)24/h1-2H,25-26H2. The van der Waals surface area contributed by atoms with E-state index in [1.807, 2.05) is 0 Å². The number of hydrogen-bond donors (Lipinski definition) is 2. The maximum atomic E-state index is 13.4. The average Bonchev–Trinajstić information content (AvgIpc) is 2.50. The molecule has 4 N–H and O–H groups in total. The highest BCUT2D eigenvalue weighted by Gasteiger charge is 2.83. The molecule has 0 aromatic heterocycles. The zero-order valence-electron chi connectivity index (χ0n) is 12.3.